The highest BCUT2D eigenvalue weighted by Gasteiger charge is 2.32. The normalized spacial score (nSPS) is 27.9. The zero-order chi connectivity index (χ0) is 11.7. The van der Waals surface area contributed by atoms with E-state index >= 15 is 0 Å². The largest absolute Gasteiger partial charge is 0.367 e. The smallest absolute Gasteiger partial charge is 0.134 e. The molecule has 1 aliphatic heterocycles. The molecule has 1 aromatic rings. The number of hydrogen-bond acceptors (Lipinski definition) is 5. The summed E-state index contributed by atoms with van der Waals surface area (Å²) in [5.74, 6) is 5.23. The van der Waals surface area contributed by atoms with Gasteiger partial charge in [-0.2, -0.15) is 11.8 Å². The van der Waals surface area contributed by atoms with Gasteiger partial charge in [-0.3, -0.25) is 0 Å². The van der Waals surface area contributed by atoms with Gasteiger partial charge >= 0.3 is 0 Å². The van der Waals surface area contributed by atoms with Gasteiger partial charge in [-0.25, -0.2) is 9.97 Å². The summed E-state index contributed by atoms with van der Waals surface area (Å²) in [6.45, 7) is 4.46. The maximum absolute atomic E-state index is 4.38. The third kappa shape index (κ3) is 2.65. The number of hydrogen-bond donors (Lipinski definition) is 1. The van der Waals surface area contributed by atoms with Gasteiger partial charge in [-0.15, -0.1) is 0 Å². The molecule has 4 nitrogen and oxygen atoms in total. The predicted octanol–water partition coefficient (Wildman–Crippen LogP) is 1.85. The van der Waals surface area contributed by atoms with Crippen LogP contribution in [0.1, 0.15) is 13.3 Å². The molecule has 3 rings (SSSR count). The second kappa shape index (κ2) is 4.72. The van der Waals surface area contributed by atoms with E-state index in [2.05, 4.69) is 33.2 Å². The first kappa shape index (κ1) is 11.1. The Morgan fingerprint density at radius 2 is 2.12 bits per heavy atom. The Morgan fingerprint density at radius 3 is 2.82 bits per heavy atom. The number of anilines is 2. The minimum Gasteiger partial charge on any atom is -0.367 e. The molecule has 1 N–H and O–H groups in total. The van der Waals surface area contributed by atoms with Crippen LogP contribution >= 0.6 is 11.8 Å². The maximum atomic E-state index is 4.38. The van der Waals surface area contributed by atoms with Gasteiger partial charge in [0.1, 0.15) is 18.0 Å². The van der Waals surface area contributed by atoms with Gasteiger partial charge in [-0.05, 0) is 12.3 Å². The number of aromatic nitrogens is 2. The van der Waals surface area contributed by atoms with Crippen molar-refractivity contribution in [2.45, 2.75) is 19.4 Å². The number of rotatable bonds is 3. The molecule has 2 aliphatic rings. The van der Waals surface area contributed by atoms with Crippen molar-refractivity contribution >= 4 is 23.4 Å². The van der Waals surface area contributed by atoms with Crippen molar-refractivity contribution < 1.29 is 0 Å². The molecule has 0 aromatic carbocycles. The Labute approximate surface area is 106 Å². The van der Waals surface area contributed by atoms with E-state index in [9.17, 15) is 0 Å². The Balaban J connectivity index is 1.69. The van der Waals surface area contributed by atoms with Crippen LogP contribution in [0.3, 0.4) is 0 Å². The highest BCUT2D eigenvalue weighted by atomic mass is 32.2. The molecule has 0 bridgehead atoms. The summed E-state index contributed by atoms with van der Waals surface area (Å²) in [6.07, 6.45) is 2.94. The summed E-state index contributed by atoms with van der Waals surface area (Å²) in [5, 5.41) is 3.46. The van der Waals surface area contributed by atoms with E-state index < -0.39 is 0 Å². The summed E-state index contributed by atoms with van der Waals surface area (Å²) in [5.41, 5.74) is 0. The van der Waals surface area contributed by atoms with E-state index in [1.807, 2.05) is 11.8 Å². The van der Waals surface area contributed by atoms with Gasteiger partial charge in [0.15, 0.2) is 0 Å². The Bertz CT molecular complexity index is 392. The lowest BCUT2D eigenvalue weighted by Gasteiger charge is -2.27. The van der Waals surface area contributed by atoms with E-state index in [-0.39, 0.29) is 0 Å². The lowest BCUT2D eigenvalue weighted by atomic mass is 10.4. The van der Waals surface area contributed by atoms with E-state index in [1.54, 1.807) is 6.33 Å². The average molecular weight is 250 g/mol. The van der Waals surface area contributed by atoms with Crippen LogP contribution in [0.15, 0.2) is 12.4 Å². The van der Waals surface area contributed by atoms with Crippen molar-refractivity contribution in [2.75, 3.05) is 34.8 Å². The van der Waals surface area contributed by atoms with Crippen LogP contribution in [0.25, 0.3) is 0 Å². The van der Waals surface area contributed by atoms with Gasteiger partial charge in [0.2, 0.25) is 0 Å². The molecule has 92 valence electrons. The average Bonchev–Trinajstić information content (AvgIpc) is 3.06. The highest BCUT2D eigenvalue weighted by molar-refractivity contribution is 7.99. The summed E-state index contributed by atoms with van der Waals surface area (Å²) < 4.78 is 0. The Morgan fingerprint density at radius 1 is 1.35 bits per heavy atom. The summed E-state index contributed by atoms with van der Waals surface area (Å²) in [6, 6.07) is 2.70. The van der Waals surface area contributed by atoms with Crippen molar-refractivity contribution in [3.05, 3.63) is 12.4 Å². The molecule has 1 aromatic heterocycles. The second-order valence-corrected chi connectivity index (χ2v) is 6.05. The molecule has 1 saturated carbocycles. The molecule has 2 atom stereocenters. The van der Waals surface area contributed by atoms with Crippen LogP contribution in [0.2, 0.25) is 0 Å². The molecule has 1 saturated heterocycles. The number of nitrogens with one attached hydrogen (secondary N) is 1. The molecule has 2 unspecified atom stereocenters. The van der Waals surface area contributed by atoms with Gasteiger partial charge in [0.25, 0.3) is 0 Å². The molecule has 0 radical (unpaired) electrons. The SMILES string of the molecule is CC1CC1Nc1cc(N2CCSCC2)ncn1. The predicted molar refractivity (Wildman–Crippen MR) is 72.8 cm³/mol. The second-order valence-electron chi connectivity index (χ2n) is 4.82. The van der Waals surface area contributed by atoms with Crippen LogP contribution in [0.4, 0.5) is 11.6 Å². The van der Waals surface area contributed by atoms with E-state index in [4.69, 9.17) is 0 Å². The fourth-order valence-corrected chi connectivity index (χ4v) is 3.01. The molecule has 2 fully saturated rings. The molecule has 0 spiro atoms. The first-order chi connectivity index (χ1) is 8.33. The van der Waals surface area contributed by atoms with Crippen molar-refractivity contribution in [1.29, 1.82) is 0 Å². The van der Waals surface area contributed by atoms with Crippen molar-refractivity contribution in [2.24, 2.45) is 5.92 Å². The van der Waals surface area contributed by atoms with Gasteiger partial charge < -0.3 is 10.2 Å². The van der Waals surface area contributed by atoms with E-state index in [1.165, 1.54) is 17.9 Å². The van der Waals surface area contributed by atoms with Gasteiger partial charge in [0.05, 0.1) is 0 Å². The third-order valence-corrected chi connectivity index (χ3v) is 4.37. The molecular formula is C12H18N4S. The van der Waals surface area contributed by atoms with Crippen LogP contribution in [0, 0.1) is 5.92 Å². The first-order valence-electron chi connectivity index (χ1n) is 6.24. The molecular weight excluding hydrogens is 232 g/mol. The zero-order valence-corrected chi connectivity index (χ0v) is 10.9. The number of thioether (sulfide) groups is 1. The summed E-state index contributed by atoms with van der Waals surface area (Å²) in [4.78, 5) is 11.0. The van der Waals surface area contributed by atoms with E-state index in [0.717, 1.165) is 30.6 Å². The monoisotopic (exact) mass is 250 g/mol. The van der Waals surface area contributed by atoms with Crippen molar-refractivity contribution in [1.82, 2.24) is 9.97 Å². The molecule has 5 heteroatoms. The van der Waals surface area contributed by atoms with Crippen LogP contribution in [0.5, 0.6) is 0 Å². The lowest BCUT2D eigenvalue weighted by Crippen LogP contribution is -2.33. The Kier molecular flexibility index (Phi) is 3.09. The minimum absolute atomic E-state index is 0.620. The highest BCUT2D eigenvalue weighted by Crippen LogP contribution is 2.32. The molecule has 0 amide bonds. The summed E-state index contributed by atoms with van der Waals surface area (Å²) in [7, 11) is 0. The quantitative estimate of drug-likeness (QED) is 0.886. The Hall–Kier alpha value is -0.970. The lowest BCUT2D eigenvalue weighted by molar-refractivity contribution is 0.834. The van der Waals surface area contributed by atoms with Crippen molar-refractivity contribution in [3.8, 4) is 0 Å². The zero-order valence-electron chi connectivity index (χ0n) is 10.1. The van der Waals surface area contributed by atoms with Crippen LogP contribution in [-0.4, -0.2) is 40.6 Å². The topological polar surface area (TPSA) is 41.0 Å². The first-order valence-corrected chi connectivity index (χ1v) is 7.39. The van der Waals surface area contributed by atoms with Crippen LogP contribution in [-0.2, 0) is 0 Å². The van der Waals surface area contributed by atoms with Crippen LogP contribution < -0.4 is 10.2 Å². The third-order valence-electron chi connectivity index (χ3n) is 3.43. The molecule has 1 aliphatic carbocycles. The van der Waals surface area contributed by atoms with Crippen molar-refractivity contribution in [3.63, 3.8) is 0 Å². The minimum atomic E-state index is 0.620. The standard InChI is InChI=1S/C12H18N4S/c1-9-6-10(9)15-11-7-12(14-8-13-11)16-2-4-17-5-3-16/h7-10H,2-6H2,1H3,(H,13,14,15). The fourth-order valence-electron chi connectivity index (χ4n) is 2.10. The molecule has 17 heavy (non-hydrogen) atoms. The van der Waals surface area contributed by atoms with Gasteiger partial charge in [0, 0.05) is 36.7 Å². The summed E-state index contributed by atoms with van der Waals surface area (Å²) >= 11 is 2.02. The molecule has 2 heterocycles. The van der Waals surface area contributed by atoms with Gasteiger partial charge in [-0.1, -0.05) is 6.92 Å². The fraction of sp³-hybridized carbons (Fsp3) is 0.667. The van der Waals surface area contributed by atoms with E-state index in [0.29, 0.717) is 6.04 Å². The maximum Gasteiger partial charge on any atom is 0.134 e. The number of nitrogens with zero attached hydrogens (tertiary/aromatic N) is 3.